The largest absolute Gasteiger partial charge is 0.507 e. The quantitative estimate of drug-likeness (QED) is 0.697. The molecule has 0 aliphatic rings. The van der Waals surface area contributed by atoms with Crippen LogP contribution >= 0.6 is 0 Å². The molecule has 15 heavy (non-hydrogen) atoms. The van der Waals surface area contributed by atoms with Gasteiger partial charge < -0.3 is 20.7 Å². The number of aliphatic hydroxyl groups is 1. The molecular weight excluding hydrogens is 194 g/mol. The first-order valence-electron chi connectivity index (χ1n) is 4.84. The molecule has 0 aromatic heterocycles. The lowest BCUT2D eigenvalue weighted by molar-refractivity contribution is 0.275. The summed E-state index contributed by atoms with van der Waals surface area (Å²) in [5, 5.41) is 18.5. The van der Waals surface area contributed by atoms with Crippen LogP contribution in [0.3, 0.4) is 0 Å². The van der Waals surface area contributed by atoms with Crippen molar-refractivity contribution in [3.63, 3.8) is 0 Å². The van der Waals surface area contributed by atoms with Crippen molar-refractivity contribution in [2.75, 3.05) is 13.7 Å². The third-order valence-electron chi connectivity index (χ3n) is 2.38. The lowest BCUT2D eigenvalue weighted by Crippen LogP contribution is -2.12. The summed E-state index contributed by atoms with van der Waals surface area (Å²) in [4.78, 5) is 0. The van der Waals surface area contributed by atoms with Crippen LogP contribution in [0, 0.1) is 6.92 Å². The van der Waals surface area contributed by atoms with Crippen LogP contribution in [0.4, 0.5) is 0 Å². The summed E-state index contributed by atoms with van der Waals surface area (Å²) in [6.07, 6.45) is 0.430. The topological polar surface area (TPSA) is 75.7 Å². The Kier molecular flexibility index (Phi) is 3.94. The van der Waals surface area contributed by atoms with E-state index in [1.54, 1.807) is 19.2 Å². The maximum atomic E-state index is 9.70. The van der Waals surface area contributed by atoms with Crippen LogP contribution in [0.25, 0.3) is 0 Å². The second kappa shape index (κ2) is 5.00. The van der Waals surface area contributed by atoms with Crippen LogP contribution in [-0.2, 0) is 0 Å². The number of hydrogen-bond donors (Lipinski definition) is 3. The van der Waals surface area contributed by atoms with E-state index < -0.39 is 0 Å². The molecule has 1 aromatic rings. The van der Waals surface area contributed by atoms with Crippen molar-refractivity contribution < 1.29 is 14.9 Å². The molecule has 0 fully saturated rings. The fourth-order valence-electron chi connectivity index (χ4n) is 1.51. The fraction of sp³-hybridized carbons (Fsp3) is 0.455. The molecule has 1 unspecified atom stereocenters. The molecule has 0 spiro atoms. The Morgan fingerprint density at radius 1 is 1.47 bits per heavy atom. The highest BCUT2D eigenvalue weighted by Gasteiger charge is 2.13. The molecule has 1 rings (SSSR count). The molecule has 1 aromatic carbocycles. The number of phenolic OH excluding ortho intramolecular Hbond substituents is 1. The van der Waals surface area contributed by atoms with Crippen molar-refractivity contribution in [2.24, 2.45) is 5.73 Å². The summed E-state index contributed by atoms with van der Waals surface area (Å²) in [6.45, 7) is 1.89. The zero-order valence-corrected chi connectivity index (χ0v) is 9.03. The van der Waals surface area contributed by atoms with Gasteiger partial charge >= 0.3 is 0 Å². The molecule has 0 heterocycles. The van der Waals surface area contributed by atoms with Gasteiger partial charge in [-0.3, -0.25) is 0 Å². The molecular formula is C11H17NO3. The minimum Gasteiger partial charge on any atom is -0.507 e. The third-order valence-corrected chi connectivity index (χ3v) is 2.38. The van der Waals surface area contributed by atoms with Gasteiger partial charge in [-0.1, -0.05) is 0 Å². The average Bonchev–Trinajstić information content (AvgIpc) is 2.21. The third kappa shape index (κ3) is 2.61. The maximum absolute atomic E-state index is 9.70. The number of nitrogens with two attached hydrogens (primary N) is 1. The van der Waals surface area contributed by atoms with Gasteiger partial charge in [-0.25, -0.2) is 0 Å². The van der Waals surface area contributed by atoms with Gasteiger partial charge in [-0.05, 0) is 25.0 Å². The van der Waals surface area contributed by atoms with Gasteiger partial charge in [-0.2, -0.15) is 0 Å². The molecule has 84 valence electrons. The molecule has 0 saturated carbocycles. The van der Waals surface area contributed by atoms with Crippen LogP contribution in [0.1, 0.15) is 23.6 Å². The van der Waals surface area contributed by atoms with Crippen molar-refractivity contribution in [3.05, 3.63) is 23.3 Å². The first-order chi connectivity index (χ1) is 7.10. The average molecular weight is 211 g/mol. The van der Waals surface area contributed by atoms with Crippen molar-refractivity contribution in [1.82, 2.24) is 0 Å². The molecule has 1 atom stereocenters. The van der Waals surface area contributed by atoms with Crippen molar-refractivity contribution >= 4 is 0 Å². The normalized spacial score (nSPS) is 12.5. The number of ether oxygens (including phenoxy) is 1. The van der Waals surface area contributed by atoms with E-state index in [-0.39, 0.29) is 18.4 Å². The fourth-order valence-corrected chi connectivity index (χ4v) is 1.51. The van der Waals surface area contributed by atoms with Gasteiger partial charge in [0.1, 0.15) is 11.5 Å². The summed E-state index contributed by atoms with van der Waals surface area (Å²) < 4.78 is 5.07. The van der Waals surface area contributed by atoms with E-state index in [0.29, 0.717) is 17.7 Å². The highest BCUT2D eigenvalue weighted by atomic mass is 16.5. The first-order valence-corrected chi connectivity index (χ1v) is 4.84. The Balaban J connectivity index is 3.04. The van der Waals surface area contributed by atoms with E-state index in [2.05, 4.69) is 0 Å². The molecule has 0 aliphatic carbocycles. The van der Waals surface area contributed by atoms with Gasteiger partial charge in [0.15, 0.2) is 0 Å². The SMILES string of the molecule is COc1cc(O)c(C(N)CCO)cc1C. The zero-order valence-electron chi connectivity index (χ0n) is 9.03. The Bertz CT molecular complexity index is 339. The van der Waals surface area contributed by atoms with Gasteiger partial charge in [0.05, 0.1) is 7.11 Å². The summed E-state index contributed by atoms with van der Waals surface area (Å²) >= 11 is 0. The van der Waals surface area contributed by atoms with Crippen molar-refractivity contribution in [1.29, 1.82) is 0 Å². The van der Waals surface area contributed by atoms with Gasteiger partial charge in [0.2, 0.25) is 0 Å². The highest BCUT2D eigenvalue weighted by Crippen LogP contribution is 2.31. The van der Waals surface area contributed by atoms with Crippen LogP contribution in [0.5, 0.6) is 11.5 Å². The predicted molar refractivity (Wildman–Crippen MR) is 58.0 cm³/mol. The molecule has 4 nitrogen and oxygen atoms in total. The standard InChI is InChI=1S/C11H17NO3/c1-7-5-8(9(12)3-4-13)10(14)6-11(7)15-2/h5-6,9,13-14H,3-4,12H2,1-2H3. The molecule has 0 radical (unpaired) electrons. The van der Waals surface area contributed by atoms with Crippen LogP contribution in [0.15, 0.2) is 12.1 Å². The number of aromatic hydroxyl groups is 1. The maximum Gasteiger partial charge on any atom is 0.125 e. The van der Waals surface area contributed by atoms with Crippen molar-refractivity contribution in [2.45, 2.75) is 19.4 Å². The van der Waals surface area contributed by atoms with E-state index in [0.717, 1.165) is 5.56 Å². The number of methoxy groups -OCH3 is 1. The molecule has 4 heteroatoms. The molecule has 4 N–H and O–H groups in total. The smallest absolute Gasteiger partial charge is 0.125 e. The molecule has 0 bridgehead atoms. The summed E-state index contributed by atoms with van der Waals surface area (Å²) in [5.41, 5.74) is 7.36. The summed E-state index contributed by atoms with van der Waals surface area (Å²) in [6, 6.07) is 2.98. The molecule has 0 aliphatic heterocycles. The monoisotopic (exact) mass is 211 g/mol. The van der Waals surface area contributed by atoms with E-state index in [4.69, 9.17) is 15.6 Å². The Labute approximate surface area is 89.3 Å². The summed E-state index contributed by atoms with van der Waals surface area (Å²) in [5.74, 6) is 0.742. The lowest BCUT2D eigenvalue weighted by Gasteiger charge is -2.15. The van der Waals surface area contributed by atoms with Crippen LogP contribution in [-0.4, -0.2) is 23.9 Å². The minimum atomic E-state index is -0.348. The van der Waals surface area contributed by atoms with E-state index in [1.165, 1.54) is 0 Å². The number of aliphatic hydroxyl groups excluding tert-OH is 1. The molecule has 0 amide bonds. The highest BCUT2D eigenvalue weighted by molar-refractivity contribution is 5.46. The van der Waals surface area contributed by atoms with Gasteiger partial charge in [-0.15, -0.1) is 0 Å². The Morgan fingerprint density at radius 3 is 2.67 bits per heavy atom. The number of benzene rings is 1. The number of aryl methyl sites for hydroxylation is 1. The first kappa shape index (κ1) is 11.8. The summed E-state index contributed by atoms with van der Waals surface area (Å²) in [7, 11) is 1.55. The number of hydrogen-bond acceptors (Lipinski definition) is 4. The van der Waals surface area contributed by atoms with E-state index in [9.17, 15) is 5.11 Å². The Hall–Kier alpha value is -1.26. The van der Waals surface area contributed by atoms with Crippen LogP contribution < -0.4 is 10.5 Å². The zero-order chi connectivity index (χ0) is 11.4. The van der Waals surface area contributed by atoms with E-state index in [1.807, 2.05) is 6.92 Å². The van der Waals surface area contributed by atoms with Gasteiger partial charge in [0, 0.05) is 24.3 Å². The number of phenols is 1. The Morgan fingerprint density at radius 2 is 2.13 bits per heavy atom. The van der Waals surface area contributed by atoms with Gasteiger partial charge in [0.25, 0.3) is 0 Å². The van der Waals surface area contributed by atoms with Crippen molar-refractivity contribution in [3.8, 4) is 11.5 Å². The van der Waals surface area contributed by atoms with Crippen LogP contribution in [0.2, 0.25) is 0 Å². The lowest BCUT2D eigenvalue weighted by atomic mass is 10.0. The predicted octanol–water partition coefficient (Wildman–Crippen LogP) is 1.09. The second-order valence-electron chi connectivity index (χ2n) is 3.50. The van der Waals surface area contributed by atoms with E-state index >= 15 is 0 Å². The minimum absolute atomic E-state index is 0.00564. The number of rotatable bonds is 4. The second-order valence-corrected chi connectivity index (χ2v) is 3.50. The molecule has 0 saturated heterocycles.